The first-order valence-electron chi connectivity index (χ1n) is 5.48. The average Bonchev–Trinajstić information content (AvgIpc) is 2.11. The Labute approximate surface area is 87.4 Å². The first kappa shape index (κ1) is 13.4. The van der Waals surface area contributed by atoms with Gasteiger partial charge in [0.25, 0.3) is 0 Å². The zero-order valence-corrected chi connectivity index (χ0v) is 9.73. The summed E-state index contributed by atoms with van der Waals surface area (Å²) in [5.74, 6) is 0.164. The molecule has 1 amide bonds. The molecule has 0 aliphatic heterocycles. The van der Waals surface area contributed by atoms with Crippen molar-refractivity contribution in [2.45, 2.75) is 46.5 Å². The predicted octanol–water partition coefficient (Wildman–Crippen LogP) is 1.67. The van der Waals surface area contributed by atoms with Gasteiger partial charge in [0.1, 0.15) is 0 Å². The van der Waals surface area contributed by atoms with Crippen molar-refractivity contribution in [1.29, 1.82) is 0 Å². The van der Waals surface area contributed by atoms with E-state index in [1.54, 1.807) is 0 Å². The van der Waals surface area contributed by atoms with Crippen LogP contribution >= 0.6 is 0 Å². The van der Waals surface area contributed by atoms with Crippen molar-refractivity contribution < 1.29 is 4.79 Å². The fourth-order valence-electron chi connectivity index (χ4n) is 1.24. The lowest BCUT2D eigenvalue weighted by Crippen LogP contribution is -2.35. The van der Waals surface area contributed by atoms with Gasteiger partial charge in [-0.1, -0.05) is 27.2 Å². The van der Waals surface area contributed by atoms with Gasteiger partial charge in [0, 0.05) is 13.0 Å². The smallest absolute Gasteiger partial charge is 0.220 e. The number of carbonyl (C=O) groups excluding carboxylic acids is 1. The van der Waals surface area contributed by atoms with Crippen LogP contribution < -0.4 is 11.1 Å². The van der Waals surface area contributed by atoms with Crippen LogP contribution in [0, 0.1) is 5.41 Å². The van der Waals surface area contributed by atoms with Crippen LogP contribution in [0.3, 0.4) is 0 Å². The minimum atomic E-state index is 0.122. The van der Waals surface area contributed by atoms with Gasteiger partial charge in [-0.15, -0.1) is 0 Å². The van der Waals surface area contributed by atoms with E-state index in [1.807, 2.05) is 0 Å². The highest BCUT2D eigenvalue weighted by molar-refractivity contribution is 5.75. The zero-order valence-electron chi connectivity index (χ0n) is 9.73. The number of nitrogens with one attached hydrogen (secondary N) is 1. The van der Waals surface area contributed by atoms with Gasteiger partial charge in [0.15, 0.2) is 0 Å². The van der Waals surface area contributed by atoms with E-state index in [4.69, 9.17) is 5.73 Å². The summed E-state index contributed by atoms with van der Waals surface area (Å²) in [6.07, 6.45) is 3.64. The standard InChI is InChI=1S/C11H24N2O/c1-4-5-6-10(14)13-9-11(2,3)7-8-12/h4-9,12H2,1-3H3,(H,13,14). The maximum absolute atomic E-state index is 11.3. The van der Waals surface area contributed by atoms with Crippen LogP contribution in [0.2, 0.25) is 0 Å². The Bertz CT molecular complexity index is 167. The fourth-order valence-corrected chi connectivity index (χ4v) is 1.24. The molecule has 0 unspecified atom stereocenters. The van der Waals surface area contributed by atoms with Gasteiger partial charge in [0.05, 0.1) is 0 Å². The number of amides is 1. The quantitative estimate of drug-likeness (QED) is 0.657. The minimum Gasteiger partial charge on any atom is -0.356 e. The molecule has 0 aromatic heterocycles. The molecule has 0 aliphatic carbocycles. The van der Waals surface area contributed by atoms with E-state index in [0.717, 1.165) is 25.8 Å². The van der Waals surface area contributed by atoms with Crippen LogP contribution in [0.5, 0.6) is 0 Å². The normalized spacial score (nSPS) is 11.4. The van der Waals surface area contributed by atoms with E-state index in [9.17, 15) is 4.79 Å². The molecule has 84 valence electrons. The van der Waals surface area contributed by atoms with E-state index in [1.165, 1.54) is 0 Å². The molecule has 3 nitrogen and oxygen atoms in total. The lowest BCUT2D eigenvalue weighted by Gasteiger charge is -2.24. The maximum atomic E-state index is 11.3. The summed E-state index contributed by atoms with van der Waals surface area (Å²) in [5, 5.41) is 2.95. The average molecular weight is 200 g/mol. The molecule has 0 atom stereocenters. The number of nitrogens with two attached hydrogens (primary N) is 1. The lowest BCUT2D eigenvalue weighted by atomic mass is 9.89. The highest BCUT2D eigenvalue weighted by atomic mass is 16.1. The summed E-state index contributed by atoms with van der Waals surface area (Å²) in [5.41, 5.74) is 5.61. The minimum absolute atomic E-state index is 0.122. The van der Waals surface area contributed by atoms with Gasteiger partial charge >= 0.3 is 0 Å². The molecular weight excluding hydrogens is 176 g/mol. The van der Waals surface area contributed by atoms with Crippen molar-refractivity contribution in [1.82, 2.24) is 5.32 Å². The molecule has 0 radical (unpaired) electrons. The van der Waals surface area contributed by atoms with Crippen molar-refractivity contribution in [2.75, 3.05) is 13.1 Å². The molecule has 0 heterocycles. The summed E-state index contributed by atoms with van der Waals surface area (Å²) in [6.45, 7) is 7.75. The molecule has 3 heteroatoms. The summed E-state index contributed by atoms with van der Waals surface area (Å²) in [4.78, 5) is 11.3. The molecule has 3 N–H and O–H groups in total. The van der Waals surface area contributed by atoms with Crippen molar-refractivity contribution in [3.63, 3.8) is 0 Å². The Morgan fingerprint density at radius 3 is 2.57 bits per heavy atom. The highest BCUT2D eigenvalue weighted by Crippen LogP contribution is 2.17. The first-order chi connectivity index (χ1) is 6.52. The monoisotopic (exact) mass is 200 g/mol. The van der Waals surface area contributed by atoms with Gasteiger partial charge in [0.2, 0.25) is 5.91 Å². The topological polar surface area (TPSA) is 55.1 Å². The van der Waals surface area contributed by atoms with E-state index in [0.29, 0.717) is 13.0 Å². The van der Waals surface area contributed by atoms with E-state index in [-0.39, 0.29) is 11.3 Å². The number of unbranched alkanes of at least 4 members (excludes halogenated alkanes) is 1. The molecule has 0 spiro atoms. The molecule has 0 saturated heterocycles. The highest BCUT2D eigenvalue weighted by Gasteiger charge is 2.17. The number of rotatable bonds is 7. The van der Waals surface area contributed by atoms with Crippen LogP contribution in [-0.4, -0.2) is 19.0 Å². The van der Waals surface area contributed by atoms with Gasteiger partial charge in [-0.3, -0.25) is 4.79 Å². The summed E-state index contributed by atoms with van der Waals surface area (Å²) in [7, 11) is 0. The Hall–Kier alpha value is -0.570. The van der Waals surface area contributed by atoms with Crippen LogP contribution in [0.15, 0.2) is 0 Å². The Morgan fingerprint density at radius 1 is 1.43 bits per heavy atom. The van der Waals surface area contributed by atoms with Gasteiger partial charge in [-0.25, -0.2) is 0 Å². The van der Waals surface area contributed by atoms with Gasteiger partial charge in [-0.05, 0) is 24.8 Å². The van der Waals surface area contributed by atoms with E-state index < -0.39 is 0 Å². The largest absolute Gasteiger partial charge is 0.356 e. The fraction of sp³-hybridized carbons (Fsp3) is 0.909. The van der Waals surface area contributed by atoms with E-state index >= 15 is 0 Å². The lowest BCUT2D eigenvalue weighted by molar-refractivity contribution is -0.121. The second-order valence-electron chi connectivity index (χ2n) is 4.58. The van der Waals surface area contributed by atoms with Crippen molar-refractivity contribution >= 4 is 5.91 Å². The van der Waals surface area contributed by atoms with Gasteiger partial charge < -0.3 is 11.1 Å². The van der Waals surface area contributed by atoms with Crippen LogP contribution in [0.4, 0.5) is 0 Å². The molecule has 0 aliphatic rings. The Balaban J connectivity index is 3.64. The SMILES string of the molecule is CCCCC(=O)NCC(C)(C)CCN. The van der Waals surface area contributed by atoms with Crippen LogP contribution in [0.1, 0.15) is 46.5 Å². The molecule has 0 aromatic rings. The molecular formula is C11H24N2O. The maximum Gasteiger partial charge on any atom is 0.220 e. The predicted molar refractivity (Wildman–Crippen MR) is 60.0 cm³/mol. The summed E-state index contributed by atoms with van der Waals surface area (Å²) >= 11 is 0. The number of hydrogen-bond acceptors (Lipinski definition) is 2. The molecule has 0 bridgehead atoms. The summed E-state index contributed by atoms with van der Waals surface area (Å²) in [6, 6.07) is 0. The molecule has 0 saturated carbocycles. The Kier molecular flexibility index (Phi) is 6.54. The third-order valence-corrected chi connectivity index (χ3v) is 2.34. The first-order valence-corrected chi connectivity index (χ1v) is 5.48. The number of hydrogen-bond donors (Lipinski definition) is 2. The van der Waals surface area contributed by atoms with E-state index in [2.05, 4.69) is 26.1 Å². The van der Waals surface area contributed by atoms with Gasteiger partial charge in [-0.2, -0.15) is 0 Å². The second-order valence-corrected chi connectivity index (χ2v) is 4.58. The van der Waals surface area contributed by atoms with Crippen molar-refractivity contribution in [2.24, 2.45) is 11.1 Å². The third kappa shape index (κ3) is 6.89. The number of carbonyl (C=O) groups is 1. The van der Waals surface area contributed by atoms with Crippen LogP contribution in [-0.2, 0) is 4.79 Å². The zero-order chi connectivity index (χ0) is 11.0. The summed E-state index contributed by atoms with van der Waals surface area (Å²) < 4.78 is 0. The van der Waals surface area contributed by atoms with Crippen molar-refractivity contribution in [3.05, 3.63) is 0 Å². The molecule has 0 aromatic carbocycles. The molecule has 14 heavy (non-hydrogen) atoms. The van der Waals surface area contributed by atoms with Crippen molar-refractivity contribution in [3.8, 4) is 0 Å². The van der Waals surface area contributed by atoms with Crippen LogP contribution in [0.25, 0.3) is 0 Å². The second kappa shape index (κ2) is 6.82. The third-order valence-electron chi connectivity index (χ3n) is 2.34. The molecule has 0 rings (SSSR count). The Morgan fingerprint density at radius 2 is 2.07 bits per heavy atom. The molecule has 0 fully saturated rings.